The quantitative estimate of drug-likeness (QED) is 0.443. The van der Waals surface area contributed by atoms with Crippen molar-refractivity contribution < 1.29 is 9.47 Å². The molecule has 1 aliphatic carbocycles. The van der Waals surface area contributed by atoms with E-state index in [1.807, 2.05) is 54.7 Å². The van der Waals surface area contributed by atoms with Crippen LogP contribution in [0, 0.1) is 11.8 Å². The molecule has 1 aromatic heterocycles. The molecule has 0 radical (unpaired) electrons. The van der Waals surface area contributed by atoms with Crippen molar-refractivity contribution in [3.63, 3.8) is 0 Å². The maximum absolute atomic E-state index is 6.42. The van der Waals surface area contributed by atoms with Crippen molar-refractivity contribution in [3.05, 3.63) is 101 Å². The first-order valence-electron chi connectivity index (χ1n) is 10.1. The summed E-state index contributed by atoms with van der Waals surface area (Å²) in [5, 5.41) is 0.745. The molecule has 0 amide bonds. The normalized spacial score (nSPS) is 20.9. The van der Waals surface area contributed by atoms with E-state index in [1.165, 1.54) is 11.1 Å². The molecule has 0 saturated heterocycles. The molecule has 1 unspecified atom stereocenters. The van der Waals surface area contributed by atoms with Gasteiger partial charge in [-0.1, -0.05) is 72.3 Å². The lowest BCUT2D eigenvalue weighted by Gasteiger charge is -2.44. The third-order valence-electron chi connectivity index (χ3n) is 5.68. The molecule has 3 nitrogen and oxygen atoms in total. The maximum atomic E-state index is 6.42. The summed E-state index contributed by atoms with van der Waals surface area (Å²) in [5.41, 5.74) is 3.38. The molecule has 1 aliphatic rings. The molecule has 1 fully saturated rings. The molecule has 0 aliphatic heterocycles. The van der Waals surface area contributed by atoms with Gasteiger partial charge >= 0.3 is 0 Å². The number of benzene rings is 2. The summed E-state index contributed by atoms with van der Waals surface area (Å²) in [6.07, 6.45) is 2.85. The lowest BCUT2D eigenvalue weighted by molar-refractivity contribution is -0.0394. The number of ether oxygens (including phenoxy) is 2. The summed E-state index contributed by atoms with van der Waals surface area (Å²) >= 11 is 6.42. The Morgan fingerprint density at radius 2 is 1.41 bits per heavy atom. The molecule has 4 heteroatoms. The lowest BCUT2D eigenvalue weighted by atomic mass is 9.64. The van der Waals surface area contributed by atoms with Crippen molar-refractivity contribution >= 4 is 11.6 Å². The van der Waals surface area contributed by atoms with Gasteiger partial charge in [0.25, 0.3) is 0 Å². The van der Waals surface area contributed by atoms with Crippen molar-refractivity contribution in [1.29, 1.82) is 0 Å². The average molecular weight is 408 g/mol. The Bertz CT molecular complexity index is 888. The van der Waals surface area contributed by atoms with Crippen LogP contribution in [-0.4, -0.2) is 18.2 Å². The maximum Gasteiger partial charge on any atom is 0.0717 e. The van der Waals surface area contributed by atoms with E-state index in [-0.39, 0.29) is 0 Å². The van der Waals surface area contributed by atoms with Gasteiger partial charge in [0.2, 0.25) is 0 Å². The van der Waals surface area contributed by atoms with Gasteiger partial charge < -0.3 is 9.47 Å². The lowest BCUT2D eigenvalue weighted by Crippen LogP contribution is -2.41. The van der Waals surface area contributed by atoms with Crippen molar-refractivity contribution in [2.45, 2.75) is 25.6 Å². The predicted molar refractivity (Wildman–Crippen MR) is 116 cm³/mol. The minimum Gasteiger partial charge on any atom is -0.376 e. The van der Waals surface area contributed by atoms with E-state index in [0.717, 1.165) is 23.7 Å². The van der Waals surface area contributed by atoms with E-state index in [1.54, 1.807) is 0 Å². The van der Waals surface area contributed by atoms with Crippen molar-refractivity contribution in [2.75, 3.05) is 13.2 Å². The first-order chi connectivity index (χ1) is 14.3. The van der Waals surface area contributed by atoms with Crippen LogP contribution in [-0.2, 0) is 22.7 Å². The van der Waals surface area contributed by atoms with Crippen molar-refractivity contribution in [3.8, 4) is 0 Å². The summed E-state index contributed by atoms with van der Waals surface area (Å²) in [6, 6.07) is 24.4. The summed E-state index contributed by atoms with van der Waals surface area (Å²) < 4.78 is 12.1. The largest absolute Gasteiger partial charge is 0.376 e. The fourth-order valence-electron chi connectivity index (χ4n) is 4.03. The number of hydrogen-bond acceptors (Lipinski definition) is 3. The Labute approximate surface area is 177 Å². The fourth-order valence-corrected chi connectivity index (χ4v) is 4.29. The molecule has 0 N–H and O–H groups in total. The zero-order valence-corrected chi connectivity index (χ0v) is 17.2. The standard InChI is InChI=1S/C25H26ClNO2/c26-24-12-7-13-27-25(24)22-14-21(17-28-15-19-8-3-1-4-9-19)23(22)18-29-16-20-10-5-2-6-11-20/h1-13,21-23H,14-18H2/t21-,22?,23-/m1/s1. The van der Waals surface area contributed by atoms with Gasteiger partial charge in [-0.25, -0.2) is 0 Å². The van der Waals surface area contributed by atoms with E-state index >= 15 is 0 Å². The van der Waals surface area contributed by atoms with Gasteiger partial charge in [0.05, 0.1) is 37.1 Å². The molecule has 29 heavy (non-hydrogen) atoms. The Hall–Kier alpha value is -2.20. The molecule has 150 valence electrons. The summed E-state index contributed by atoms with van der Waals surface area (Å²) in [7, 11) is 0. The number of hydrogen-bond donors (Lipinski definition) is 0. The smallest absolute Gasteiger partial charge is 0.0717 e. The second-order valence-corrected chi connectivity index (χ2v) is 8.05. The number of pyridine rings is 1. The molecular weight excluding hydrogens is 382 g/mol. The summed E-state index contributed by atoms with van der Waals surface area (Å²) in [6.45, 7) is 2.68. The first kappa shape index (κ1) is 20.1. The van der Waals surface area contributed by atoms with E-state index in [4.69, 9.17) is 21.1 Å². The highest BCUT2D eigenvalue weighted by Crippen LogP contribution is 2.48. The van der Waals surface area contributed by atoms with Crippen molar-refractivity contribution in [2.24, 2.45) is 11.8 Å². The topological polar surface area (TPSA) is 31.4 Å². The van der Waals surface area contributed by atoms with E-state index in [2.05, 4.69) is 29.2 Å². The van der Waals surface area contributed by atoms with Crippen LogP contribution in [0.1, 0.15) is 29.2 Å². The molecule has 1 heterocycles. The predicted octanol–water partition coefficient (Wildman–Crippen LogP) is 5.89. The molecule has 0 spiro atoms. The van der Waals surface area contributed by atoms with E-state index in [0.29, 0.717) is 37.6 Å². The fraction of sp³-hybridized carbons (Fsp3) is 0.320. The highest BCUT2D eigenvalue weighted by Gasteiger charge is 2.43. The van der Waals surface area contributed by atoms with E-state index in [9.17, 15) is 0 Å². The molecule has 1 saturated carbocycles. The van der Waals surface area contributed by atoms with Crippen LogP contribution < -0.4 is 0 Å². The van der Waals surface area contributed by atoms with Crippen molar-refractivity contribution in [1.82, 2.24) is 4.98 Å². The Morgan fingerprint density at radius 1 is 0.793 bits per heavy atom. The highest BCUT2D eigenvalue weighted by molar-refractivity contribution is 6.31. The minimum absolute atomic E-state index is 0.324. The number of aromatic nitrogens is 1. The zero-order valence-electron chi connectivity index (χ0n) is 16.4. The highest BCUT2D eigenvalue weighted by atomic mass is 35.5. The first-order valence-corrected chi connectivity index (χ1v) is 10.5. The van der Waals surface area contributed by atoms with Crippen LogP contribution >= 0.6 is 11.6 Å². The van der Waals surface area contributed by atoms with Crippen LogP contribution in [0.3, 0.4) is 0 Å². The molecule has 0 bridgehead atoms. The van der Waals surface area contributed by atoms with Gasteiger partial charge in [-0.3, -0.25) is 4.98 Å². The molecule has 3 aromatic rings. The average Bonchev–Trinajstić information content (AvgIpc) is 2.75. The number of rotatable bonds is 9. The van der Waals surface area contributed by atoms with Crippen LogP contribution in [0.15, 0.2) is 79.0 Å². The van der Waals surface area contributed by atoms with Gasteiger partial charge in [-0.15, -0.1) is 0 Å². The van der Waals surface area contributed by atoms with Gasteiger partial charge in [-0.05, 0) is 41.5 Å². The molecular formula is C25H26ClNO2. The molecule has 2 aromatic carbocycles. The van der Waals surface area contributed by atoms with Crippen LogP contribution in [0.5, 0.6) is 0 Å². The zero-order chi connectivity index (χ0) is 19.9. The Kier molecular flexibility index (Phi) is 6.94. The van der Waals surface area contributed by atoms with Gasteiger partial charge in [0.15, 0.2) is 0 Å². The second kappa shape index (κ2) is 10.0. The SMILES string of the molecule is Clc1cccnc1C1C[C@H](COCc2ccccc2)[C@H]1COCc1ccccc1. The van der Waals surface area contributed by atoms with Crippen LogP contribution in [0.2, 0.25) is 5.02 Å². The third kappa shape index (κ3) is 5.24. The van der Waals surface area contributed by atoms with Gasteiger partial charge in [0, 0.05) is 12.1 Å². The number of nitrogens with zero attached hydrogens (tertiary/aromatic N) is 1. The molecule has 4 rings (SSSR count). The Balaban J connectivity index is 1.35. The van der Waals surface area contributed by atoms with Crippen LogP contribution in [0.4, 0.5) is 0 Å². The van der Waals surface area contributed by atoms with Crippen LogP contribution in [0.25, 0.3) is 0 Å². The number of halogens is 1. The van der Waals surface area contributed by atoms with Gasteiger partial charge in [-0.2, -0.15) is 0 Å². The summed E-state index contributed by atoms with van der Waals surface area (Å²) in [5.74, 6) is 1.14. The monoisotopic (exact) mass is 407 g/mol. The Morgan fingerprint density at radius 3 is 2.03 bits per heavy atom. The second-order valence-electron chi connectivity index (χ2n) is 7.64. The summed E-state index contributed by atoms with van der Waals surface area (Å²) in [4.78, 5) is 4.55. The minimum atomic E-state index is 0.324. The third-order valence-corrected chi connectivity index (χ3v) is 6.00. The van der Waals surface area contributed by atoms with E-state index < -0.39 is 0 Å². The van der Waals surface area contributed by atoms with Gasteiger partial charge in [0.1, 0.15) is 0 Å². The molecule has 3 atom stereocenters.